The Hall–Kier alpha value is -0.130. The van der Waals surface area contributed by atoms with Crippen molar-refractivity contribution in [2.45, 2.75) is 39.2 Å². The van der Waals surface area contributed by atoms with Crippen LogP contribution in [-0.2, 0) is 10.0 Å². The molecule has 0 aliphatic carbocycles. The van der Waals surface area contributed by atoms with Gasteiger partial charge >= 0.3 is 0 Å². The van der Waals surface area contributed by atoms with E-state index in [1.807, 2.05) is 6.92 Å². The summed E-state index contributed by atoms with van der Waals surface area (Å²) in [4.78, 5) is 0. The molecule has 0 amide bonds. The molecule has 1 aliphatic heterocycles. The highest BCUT2D eigenvalue weighted by Crippen LogP contribution is 2.29. The average Bonchev–Trinajstić information content (AvgIpc) is 2.44. The van der Waals surface area contributed by atoms with Crippen LogP contribution in [-0.4, -0.2) is 37.1 Å². The van der Waals surface area contributed by atoms with E-state index in [0.29, 0.717) is 19.0 Å². The highest BCUT2D eigenvalue weighted by molar-refractivity contribution is 7.89. The first-order valence-corrected chi connectivity index (χ1v) is 7.13. The largest absolute Gasteiger partial charge is 0.329 e. The van der Waals surface area contributed by atoms with Crippen molar-refractivity contribution >= 4 is 10.0 Å². The van der Waals surface area contributed by atoms with Crippen LogP contribution in [0.2, 0.25) is 0 Å². The molecule has 0 radical (unpaired) electrons. The van der Waals surface area contributed by atoms with Crippen LogP contribution in [0.25, 0.3) is 0 Å². The van der Waals surface area contributed by atoms with Crippen molar-refractivity contribution in [1.29, 1.82) is 0 Å². The maximum absolute atomic E-state index is 11.8. The van der Waals surface area contributed by atoms with Crippen LogP contribution in [0.3, 0.4) is 0 Å². The van der Waals surface area contributed by atoms with Crippen molar-refractivity contribution in [3.63, 3.8) is 0 Å². The van der Waals surface area contributed by atoms with Gasteiger partial charge < -0.3 is 5.73 Å². The molecule has 1 fully saturated rings. The molecular formula is C10H22N2O2S. The Morgan fingerprint density at radius 2 is 2.07 bits per heavy atom. The Labute approximate surface area is 92.9 Å². The molecule has 0 saturated carbocycles. The molecule has 0 spiro atoms. The van der Waals surface area contributed by atoms with Gasteiger partial charge in [0.05, 0.1) is 5.75 Å². The van der Waals surface area contributed by atoms with E-state index in [4.69, 9.17) is 5.73 Å². The molecule has 1 aliphatic rings. The molecule has 0 aromatic rings. The molecule has 90 valence electrons. The second-order valence-corrected chi connectivity index (χ2v) is 7.05. The summed E-state index contributed by atoms with van der Waals surface area (Å²) < 4.78 is 25.2. The van der Waals surface area contributed by atoms with E-state index in [2.05, 4.69) is 13.8 Å². The summed E-state index contributed by atoms with van der Waals surface area (Å²) in [7, 11) is -3.05. The fraction of sp³-hybridized carbons (Fsp3) is 1.00. The zero-order valence-corrected chi connectivity index (χ0v) is 10.7. The summed E-state index contributed by atoms with van der Waals surface area (Å²) in [5.74, 6) is 0.732. The summed E-state index contributed by atoms with van der Waals surface area (Å²) in [5.41, 5.74) is 5.35. The normalized spacial score (nSPS) is 25.7. The van der Waals surface area contributed by atoms with Crippen LogP contribution in [0.5, 0.6) is 0 Å². The lowest BCUT2D eigenvalue weighted by Crippen LogP contribution is -2.52. The van der Waals surface area contributed by atoms with Gasteiger partial charge in [0.2, 0.25) is 10.0 Å². The third-order valence-electron chi connectivity index (χ3n) is 2.99. The van der Waals surface area contributed by atoms with Gasteiger partial charge in [0.25, 0.3) is 0 Å². The molecular weight excluding hydrogens is 212 g/mol. The molecule has 4 nitrogen and oxygen atoms in total. The van der Waals surface area contributed by atoms with E-state index in [1.54, 1.807) is 4.31 Å². The standard InChI is InChI=1S/C10H22N2O2S/c1-9(2)7-10(3,8-11)12-5-4-6-15(12,13)14/h9H,4-8,11H2,1-3H3. The lowest BCUT2D eigenvalue weighted by atomic mass is 9.90. The Kier molecular flexibility index (Phi) is 3.79. The summed E-state index contributed by atoms with van der Waals surface area (Å²) in [6.45, 7) is 7.16. The van der Waals surface area contributed by atoms with Crippen LogP contribution >= 0.6 is 0 Å². The fourth-order valence-electron chi connectivity index (χ4n) is 2.41. The molecule has 1 unspecified atom stereocenters. The first kappa shape index (κ1) is 12.9. The Bertz CT molecular complexity index is 313. The van der Waals surface area contributed by atoms with E-state index in [-0.39, 0.29) is 5.75 Å². The minimum atomic E-state index is -3.05. The third-order valence-corrected chi connectivity index (χ3v) is 5.09. The van der Waals surface area contributed by atoms with Gasteiger partial charge in [-0.1, -0.05) is 13.8 Å². The monoisotopic (exact) mass is 234 g/mol. The smallest absolute Gasteiger partial charge is 0.214 e. The first-order valence-electron chi connectivity index (χ1n) is 5.52. The van der Waals surface area contributed by atoms with Crippen LogP contribution in [0.4, 0.5) is 0 Å². The second kappa shape index (κ2) is 4.39. The number of rotatable bonds is 4. The highest BCUT2D eigenvalue weighted by Gasteiger charge is 2.41. The van der Waals surface area contributed by atoms with E-state index >= 15 is 0 Å². The van der Waals surface area contributed by atoms with Gasteiger partial charge in [0.1, 0.15) is 0 Å². The zero-order chi connectivity index (χ0) is 11.7. The molecule has 1 rings (SSSR count). The Morgan fingerprint density at radius 1 is 1.47 bits per heavy atom. The fourth-order valence-corrected chi connectivity index (χ4v) is 4.35. The van der Waals surface area contributed by atoms with Crippen LogP contribution in [0.15, 0.2) is 0 Å². The molecule has 1 saturated heterocycles. The molecule has 1 atom stereocenters. The maximum atomic E-state index is 11.8. The van der Waals surface area contributed by atoms with Gasteiger partial charge in [0, 0.05) is 18.6 Å². The Balaban J connectivity index is 2.91. The number of hydrogen-bond acceptors (Lipinski definition) is 3. The van der Waals surface area contributed by atoms with Crippen molar-refractivity contribution < 1.29 is 8.42 Å². The topological polar surface area (TPSA) is 63.4 Å². The summed E-state index contributed by atoms with van der Waals surface area (Å²) >= 11 is 0. The minimum absolute atomic E-state index is 0.278. The van der Waals surface area contributed by atoms with Gasteiger partial charge in [-0.15, -0.1) is 0 Å². The highest BCUT2D eigenvalue weighted by atomic mass is 32.2. The van der Waals surface area contributed by atoms with Crippen molar-refractivity contribution in [2.24, 2.45) is 11.7 Å². The number of nitrogens with zero attached hydrogens (tertiary/aromatic N) is 1. The second-order valence-electron chi connectivity index (χ2n) is 5.04. The molecule has 0 aromatic carbocycles. The van der Waals surface area contributed by atoms with Crippen LogP contribution in [0.1, 0.15) is 33.6 Å². The van der Waals surface area contributed by atoms with Crippen molar-refractivity contribution in [3.05, 3.63) is 0 Å². The van der Waals surface area contributed by atoms with Crippen molar-refractivity contribution in [1.82, 2.24) is 4.31 Å². The summed E-state index contributed by atoms with van der Waals surface area (Å²) in [6.07, 6.45) is 1.55. The van der Waals surface area contributed by atoms with Crippen LogP contribution < -0.4 is 5.73 Å². The maximum Gasteiger partial charge on any atom is 0.214 e. The van der Waals surface area contributed by atoms with E-state index in [9.17, 15) is 8.42 Å². The minimum Gasteiger partial charge on any atom is -0.329 e. The van der Waals surface area contributed by atoms with Crippen molar-refractivity contribution in [2.75, 3.05) is 18.8 Å². The number of hydrogen-bond donors (Lipinski definition) is 1. The predicted molar refractivity (Wildman–Crippen MR) is 62.0 cm³/mol. The number of sulfonamides is 1. The van der Waals surface area contributed by atoms with E-state index in [0.717, 1.165) is 12.8 Å². The zero-order valence-electron chi connectivity index (χ0n) is 9.86. The molecule has 0 bridgehead atoms. The number of nitrogens with two attached hydrogens (primary N) is 1. The molecule has 15 heavy (non-hydrogen) atoms. The lowest BCUT2D eigenvalue weighted by Gasteiger charge is -2.37. The van der Waals surface area contributed by atoms with Crippen molar-refractivity contribution in [3.8, 4) is 0 Å². The van der Waals surface area contributed by atoms with Crippen LogP contribution in [0, 0.1) is 5.92 Å². The first-order chi connectivity index (χ1) is 6.82. The van der Waals surface area contributed by atoms with Gasteiger partial charge in [-0.05, 0) is 25.7 Å². The van der Waals surface area contributed by atoms with E-state index < -0.39 is 15.6 Å². The van der Waals surface area contributed by atoms with Gasteiger partial charge in [-0.2, -0.15) is 4.31 Å². The van der Waals surface area contributed by atoms with Gasteiger partial charge in [-0.25, -0.2) is 8.42 Å². The lowest BCUT2D eigenvalue weighted by molar-refractivity contribution is 0.190. The molecule has 2 N–H and O–H groups in total. The van der Waals surface area contributed by atoms with Gasteiger partial charge in [0.15, 0.2) is 0 Å². The van der Waals surface area contributed by atoms with Gasteiger partial charge in [-0.3, -0.25) is 0 Å². The Morgan fingerprint density at radius 3 is 2.40 bits per heavy atom. The quantitative estimate of drug-likeness (QED) is 0.782. The molecule has 0 aromatic heterocycles. The predicted octanol–water partition coefficient (Wildman–Crippen LogP) is 0.785. The third kappa shape index (κ3) is 2.71. The summed E-state index contributed by atoms with van der Waals surface area (Å²) in [5, 5.41) is 0. The summed E-state index contributed by atoms with van der Waals surface area (Å²) in [6, 6.07) is 0. The molecule has 5 heteroatoms. The SMILES string of the molecule is CC(C)CC(C)(CN)N1CCCS1(=O)=O. The average molecular weight is 234 g/mol. The van der Waals surface area contributed by atoms with E-state index in [1.165, 1.54) is 0 Å². The molecule has 1 heterocycles.